The van der Waals surface area contributed by atoms with Crippen LogP contribution in [0.4, 0.5) is 0 Å². The van der Waals surface area contributed by atoms with Crippen LogP contribution in [0.5, 0.6) is 5.75 Å². The highest BCUT2D eigenvalue weighted by molar-refractivity contribution is 7.86. The molecule has 2 aromatic rings. The second-order valence-electron chi connectivity index (χ2n) is 5.72. The third-order valence-electron chi connectivity index (χ3n) is 3.84. The molecule has 0 radical (unpaired) electrons. The molecule has 7 heteroatoms. The third kappa shape index (κ3) is 5.27. The predicted molar refractivity (Wildman–Crippen MR) is 99.3 cm³/mol. The van der Waals surface area contributed by atoms with Crippen LogP contribution in [0, 0.1) is 0 Å². The lowest BCUT2D eigenvalue weighted by Crippen LogP contribution is -2.43. The Kier molecular flexibility index (Phi) is 6.95. The van der Waals surface area contributed by atoms with E-state index in [1.807, 2.05) is 54.6 Å². The summed E-state index contributed by atoms with van der Waals surface area (Å²) in [7, 11) is -0.475. The fourth-order valence-corrected chi connectivity index (χ4v) is 3.87. The number of methoxy groups -OCH3 is 1. The van der Waals surface area contributed by atoms with Crippen LogP contribution in [0.1, 0.15) is 11.1 Å². The van der Waals surface area contributed by atoms with Crippen LogP contribution in [-0.4, -0.2) is 44.3 Å². The molecule has 0 aliphatic heterocycles. The van der Waals surface area contributed by atoms with Crippen molar-refractivity contribution in [3.8, 4) is 5.75 Å². The first-order chi connectivity index (χ1) is 12.0. The van der Waals surface area contributed by atoms with Crippen LogP contribution in [-0.2, 0) is 23.3 Å². The quantitative estimate of drug-likeness (QED) is 0.737. The van der Waals surface area contributed by atoms with Crippen molar-refractivity contribution in [2.75, 3.05) is 27.2 Å². The highest BCUT2D eigenvalue weighted by atomic mass is 32.2. The Balaban J connectivity index is 2.16. The molecule has 0 aliphatic carbocycles. The summed E-state index contributed by atoms with van der Waals surface area (Å²) in [6.07, 6.45) is 0. The van der Waals surface area contributed by atoms with Crippen LogP contribution < -0.4 is 10.5 Å². The lowest BCUT2D eigenvalue weighted by atomic mass is 10.2. The Morgan fingerprint density at radius 3 is 2.32 bits per heavy atom. The van der Waals surface area contributed by atoms with Crippen molar-refractivity contribution < 1.29 is 13.2 Å². The molecule has 0 heterocycles. The second kappa shape index (κ2) is 8.96. The van der Waals surface area contributed by atoms with Crippen LogP contribution >= 0.6 is 0 Å². The molecule has 2 rings (SSSR count). The van der Waals surface area contributed by atoms with E-state index in [4.69, 9.17) is 10.5 Å². The van der Waals surface area contributed by atoms with Crippen molar-refractivity contribution in [2.45, 2.75) is 13.1 Å². The lowest BCUT2D eigenvalue weighted by molar-refractivity contribution is 0.355. The fourth-order valence-electron chi connectivity index (χ4n) is 2.51. The summed E-state index contributed by atoms with van der Waals surface area (Å²) in [6, 6.07) is 16.9. The Bertz CT molecular complexity index is 766. The van der Waals surface area contributed by atoms with Crippen molar-refractivity contribution in [3.63, 3.8) is 0 Å². The van der Waals surface area contributed by atoms with Gasteiger partial charge in [0.25, 0.3) is 10.2 Å². The molecular weight excluding hydrogens is 338 g/mol. The van der Waals surface area contributed by atoms with Gasteiger partial charge in [0.15, 0.2) is 0 Å². The molecule has 0 saturated heterocycles. The van der Waals surface area contributed by atoms with Gasteiger partial charge in [-0.3, -0.25) is 0 Å². The van der Waals surface area contributed by atoms with E-state index in [-0.39, 0.29) is 19.6 Å². The Morgan fingerprint density at radius 2 is 1.68 bits per heavy atom. The number of benzene rings is 2. The number of nitrogens with two attached hydrogens (primary N) is 1. The SMILES string of the molecule is COc1cccc(CN(C)S(=O)(=O)N(CCN)Cc2ccccc2)c1. The van der Waals surface area contributed by atoms with Gasteiger partial charge in [0, 0.05) is 33.2 Å². The van der Waals surface area contributed by atoms with Crippen molar-refractivity contribution >= 4 is 10.2 Å². The largest absolute Gasteiger partial charge is 0.497 e. The Hall–Kier alpha value is -1.93. The monoisotopic (exact) mass is 363 g/mol. The average Bonchev–Trinajstić information content (AvgIpc) is 2.62. The topological polar surface area (TPSA) is 75.9 Å². The maximum absolute atomic E-state index is 12.9. The van der Waals surface area contributed by atoms with E-state index in [1.54, 1.807) is 14.2 Å². The van der Waals surface area contributed by atoms with Crippen molar-refractivity contribution in [2.24, 2.45) is 5.73 Å². The van der Waals surface area contributed by atoms with Crippen LogP contribution in [0.25, 0.3) is 0 Å². The summed E-state index contributed by atoms with van der Waals surface area (Å²) >= 11 is 0. The fraction of sp³-hybridized carbons (Fsp3) is 0.333. The number of hydrogen-bond acceptors (Lipinski definition) is 4. The molecule has 0 atom stereocenters. The molecule has 2 aromatic carbocycles. The van der Waals surface area contributed by atoms with Crippen LogP contribution in [0.15, 0.2) is 54.6 Å². The lowest BCUT2D eigenvalue weighted by Gasteiger charge is -2.27. The molecule has 0 unspecified atom stereocenters. The molecule has 0 aliphatic rings. The van der Waals surface area contributed by atoms with E-state index in [2.05, 4.69) is 0 Å². The van der Waals surface area contributed by atoms with E-state index in [0.717, 1.165) is 11.1 Å². The summed E-state index contributed by atoms with van der Waals surface area (Å²) in [5.41, 5.74) is 7.41. The summed E-state index contributed by atoms with van der Waals surface area (Å²) in [4.78, 5) is 0. The first kappa shape index (κ1) is 19.4. The maximum Gasteiger partial charge on any atom is 0.282 e. The van der Waals surface area contributed by atoms with Gasteiger partial charge in [0.05, 0.1) is 7.11 Å². The molecule has 0 fully saturated rings. The number of nitrogens with zero attached hydrogens (tertiary/aromatic N) is 2. The summed E-state index contributed by atoms with van der Waals surface area (Å²) in [5, 5.41) is 0. The highest BCUT2D eigenvalue weighted by Crippen LogP contribution is 2.18. The molecule has 25 heavy (non-hydrogen) atoms. The van der Waals surface area contributed by atoms with Gasteiger partial charge in [-0.05, 0) is 23.3 Å². The van der Waals surface area contributed by atoms with Gasteiger partial charge in [0.1, 0.15) is 5.75 Å². The molecule has 0 saturated carbocycles. The van der Waals surface area contributed by atoms with E-state index in [1.165, 1.54) is 8.61 Å². The van der Waals surface area contributed by atoms with E-state index in [0.29, 0.717) is 12.3 Å². The second-order valence-corrected chi connectivity index (χ2v) is 7.76. The minimum atomic E-state index is -3.63. The summed E-state index contributed by atoms with van der Waals surface area (Å²) in [5.74, 6) is 0.700. The van der Waals surface area contributed by atoms with Gasteiger partial charge < -0.3 is 10.5 Å². The normalized spacial score (nSPS) is 11.9. The van der Waals surface area contributed by atoms with Gasteiger partial charge in [-0.1, -0.05) is 42.5 Å². The number of ether oxygens (including phenoxy) is 1. The van der Waals surface area contributed by atoms with Gasteiger partial charge in [-0.25, -0.2) is 0 Å². The van der Waals surface area contributed by atoms with Gasteiger partial charge in [0.2, 0.25) is 0 Å². The van der Waals surface area contributed by atoms with Crippen LogP contribution in [0.2, 0.25) is 0 Å². The van der Waals surface area contributed by atoms with Crippen molar-refractivity contribution in [3.05, 3.63) is 65.7 Å². The van der Waals surface area contributed by atoms with Crippen LogP contribution in [0.3, 0.4) is 0 Å². The molecule has 0 aromatic heterocycles. The predicted octanol–water partition coefficient (Wildman–Crippen LogP) is 1.83. The minimum Gasteiger partial charge on any atom is -0.497 e. The van der Waals surface area contributed by atoms with Crippen molar-refractivity contribution in [1.82, 2.24) is 8.61 Å². The zero-order valence-corrected chi connectivity index (χ0v) is 15.4. The Labute approximate surface area is 150 Å². The van der Waals surface area contributed by atoms with Gasteiger partial charge in [-0.2, -0.15) is 17.0 Å². The van der Waals surface area contributed by atoms with Gasteiger partial charge in [-0.15, -0.1) is 0 Å². The standard InChI is InChI=1S/C18H25N3O3S/c1-20(14-17-9-6-10-18(13-17)24-2)25(22,23)21(12-11-19)15-16-7-4-3-5-8-16/h3-10,13H,11-12,14-15,19H2,1-2H3. The maximum atomic E-state index is 12.9. The third-order valence-corrected chi connectivity index (χ3v) is 5.72. The number of rotatable bonds is 9. The minimum absolute atomic E-state index is 0.259. The van der Waals surface area contributed by atoms with E-state index in [9.17, 15) is 8.42 Å². The average molecular weight is 363 g/mol. The molecular formula is C18H25N3O3S. The first-order valence-corrected chi connectivity index (χ1v) is 9.45. The van der Waals surface area contributed by atoms with E-state index >= 15 is 0 Å². The first-order valence-electron chi connectivity index (χ1n) is 8.05. The van der Waals surface area contributed by atoms with Crippen molar-refractivity contribution in [1.29, 1.82) is 0 Å². The highest BCUT2D eigenvalue weighted by Gasteiger charge is 2.26. The zero-order chi connectivity index (χ0) is 18.3. The summed E-state index contributed by atoms with van der Waals surface area (Å²) in [6.45, 7) is 1.08. The summed E-state index contributed by atoms with van der Waals surface area (Å²) < 4.78 is 33.8. The molecule has 136 valence electrons. The molecule has 0 bridgehead atoms. The smallest absolute Gasteiger partial charge is 0.282 e. The molecule has 0 spiro atoms. The molecule has 6 nitrogen and oxygen atoms in total. The van der Waals surface area contributed by atoms with Gasteiger partial charge >= 0.3 is 0 Å². The zero-order valence-electron chi connectivity index (χ0n) is 14.6. The van der Waals surface area contributed by atoms with E-state index < -0.39 is 10.2 Å². The molecule has 2 N–H and O–H groups in total. The Morgan fingerprint density at radius 1 is 1.00 bits per heavy atom. The molecule has 0 amide bonds. The number of hydrogen-bond donors (Lipinski definition) is 1.